The van der Waals surface area contributed by atoms with Crippen LogP contribution in [0.3, 0.4) is 0 Å². The molecule has 1 heterocycles. The van der Waals surface area contributed by atoms with E-state index in [0.717, 1.165) is 5.69 Å². The van der Waals surface area contributed by atoms with Crippen molar-refractivity contribution in [2.24, 2.45) is 0 Å². The van der Waals surface area contributed by atoms with Gasteiger partial charge in [-0.05, 0) is 12.1 Å². The zero-order valence-electron chi connectivity index (χ0n) is 7.38. The van der Waals surface area contributed by atoms with E-state index in [4.69, 9.17) is 10.00 Å². The largest absolute Gasteiger partial charge is 0.428 e. The van der Waals surface area contributed by atoms with Crippen LogP contribution in [0.5, 0.6) is 0 Å². The smallest absolute Gasteiger partial charge is 0.415 e. The Bertz CT molecular complexity index is 383. The lowest BCUT2D eigenvalue weighted by atomic mass is 10.3. The van der Waals surface area contributed by atoms with Crippen molar-refractivity contribution in [1.82, 2.24) is 0 Å². The number of ether oxygens (including phenoxy) is 1. The first-order valence-corrected chi connectivity index (χ1v) is 4.24. The molecule has 1 aliphatic heterocycles. The van der Waals surface area contributed by atoms with Crippen molar-refractivity contribution in [2.45, 2.75) is 6.10 Å². The molecule has 70 valence electrons. The molecular weight excluding hydrogens is 180 g/mol. The number of hydrogen-bond donors (Lipinski definition) is 0. The molecule has 2 rings (SSSR count). The Hall–Kier alpha value is -2.02. The van der Waals surface area contributed by atoms with E-state index in [2.05, 4.69) is 0 Å². The summed E-state index contributed by atoms with van der Waals surface area (Å²) in [6.07, 6.45) is -1.11. The summed E-state index contributed by atoms with van der Waals surface area (Å²) in [7, 11) is 0. The highest BCUT2D eigenvalue weighted by atomic mass is 16.6. The topological polar surface area (TPSA) is 53.3 Å². The Morgan fingerprint density at radius 2 is 2.14 bits per heavy atom. The Morgan fingerprint density at radius 1 is 1.43 bits per heavy atom. The maximum absolute atomic E-state index is 11.3. The first kappa shape index (κ1) is 8.57. The molecule has 0 aliphatic carbocycles. The van der Waals surface area contributed by atoms with Gasteiger partial charge in [-0.2, -0.15) is 5.26 Å². The second-order valence-electron chi connectivity index (χ2n) is 2.95. The van der Waals surface area contributed by atoms with Crippen molar-refractivity contribution in [3.05, 3.63) is 30.3 Å². The van der Waals surface area contributed by atoms with Gasteiger partial charge in [-0.15, -0.1) is 0 Å². The molecule has 0 radical (unpaired) electrons. The van der Waals surface area contributed by atoms with E-state index in [1.165, 1.54) is 4.90 Å². The minimum atomic E-state index is -0.650. The van der Waals surface area contributed by atoms with Gasteiger partial charge < -0.3 is 4.74 Å². The van der Waals surface area contributed by atoms with E-state index < -0.39 is 12.2 Å². The minimum absolute atomic E-state index is 0.305. The number of amides is 1. The van der Waals surface area contributed by atoms with Crippen LogP contribution in [0.1, 0.15) is 0 Å². The molecule has 14 heavy (non-hydrogen) atoms. The van der Waals surface area contributed by atoms with Gasteiger partial charge in [0.15, 0.2) is 0 Å². The van der Waals surface area contributed by atoms with E-state index in [-0.39, 0.29) is 0 Å². The Balaban J connectivity index is 2.22. The summed E-state index contributed by atoms with van der Waals surface area (Å²) in [5.74, 6) is 0. The van der Waals surface area contributed by atoms with Crippen LogP contribution in [0.4, 0.5) is 10.5 Å². The molecule has 0 bridgehead atoms. The van der Waals surface area contributed by atoms with Gasteiger partial charge in [-0.3, -0.25) is 4.90 Å². The first-order chi connectivity index (χ1) is 6.81. The number of anilines is 1. The number of para-hydroxylation sites is 1. The summed E-state index contributed by atoms with van der Waals surface area (Å²) in [5, 5.41) is 8.59. The van der Waals surface area contributed by atoms with Crippen molar-refractivity contribution in [3.8, 4) is 6.07 Å². The van der Waals surface area contributed by atoms with Crippen LogP contribution in [-0.2, 0) is 4.74 Å². The molecule has 1 atom stereocenters. The van der Waals surface area contributed by atoms with E-state index >= 15 is 0 Å². The van der Waals surface area contributed by atoms with Crippen LogP contribution < -0.4 is 4.90 Å². The zero-order chi connectivity index (χ0) is 9.97. The van der Waals surface area contributed by atoms with Crippen LogP contribution in [-0.4, -0.2) is 18.7 Å². The molecule has 0 saturated carbocycles. The van der Waals surface area contributed by atoms with Gasteiger partial charge in [0.1, 0.15) is 6.07 Å². The molecule has 1 aromatic rings. The molecule has 0 spiro atoms. The number of carbonyl (C=O) groups excluding carboxylic acids is 1. The van der Waals surface area contributed by atoms with Crippen LogP contribution in [0.25, 0.3) is 0 Å². The number of nitrogens with zero attached hydrogens (tertiary/aromatic N) is 2. The van der Waals surface area contributed by atoms with Crippen molar-refractivity contribution in [3.63, 3.8) is 0 Å². The second kappa shape index (κ2) is 3.38. The normalized spacial score (nSPS) is 20.4. The Labute approximate surface area is 81.3 Å². The van der Waals surface area contributed by atoms with Gasteiger partial charge in [-0.25, -0.2) is 4.79 Å². The highest BCUT2D eigenvalue weighted by Gasteiger charge is 2.31. The summed E-state index contributed by atoms with van der Waals surface area (Å²) in [5.41, 5.74) is 0.759. The average Bonchev–Trinajstić information content (AvgIpc) is 2.61. The summed E-state index contributed by atoms with van der Waals surface area (Å²) in [6.45, 7) is 0.305. The van der Waals surface area contributed by atoms with Crippen LogP contribution in [0.2, 0.25) is 0 Å². The van der Waals surface area contributed by atoms with Crippen LogP contribution >= 0.6 is 0 Å². The lowest BCUT2D eigenvalue weighted by Crippen LogP contribution is -2.23. The SMILES string of the molecule is N#CC1CN(c2ccccc2)C(=O)O1. The summed E-state index contributed by atoms with van der Waals surface area (Å²) in [4.78, 5) is 12.7. The van der Waals surface area contributed by atoms with Gasteiger partial charge in [0.2, 0.25) is 6.10 Å². The highest BCUT2D eigenvalue weighted by molar-refractivity contribution is 5.89. The monoisotopic (exact) mass is 188 g/mol. The fourth-order valence-corrected chi connectivity index (χ4v) is 1.35. The van der Waals surface area contributed by atoms with Gasteiger partial charge in [0.05, 0.1) is 6.54 Å². The van der Waals surface area contributed by atoms with Crippen molar-refractivity contribution in [1.29, 1.82) is 5.26 Å². The number of carbonyl (C=O) groups is 1. The number of hydrogen-bond acceptors (Lipinski definition) is 3. The van der Waals surface area contributed by atoms with Crippen molar-refractivity contribution >= 4 is 11.8 Å². The third-order valence-electron chi connectivity index (χ3n) is 2.02. The molecule has 1 amide bonds. The van der Waals surface area contributed by atoms with Gasteiger partial charge in [0.25, 0.3) is 0 Å². The van der Waals surface area contributed by atoms with Crippen molar-refractivity contribution in [2.75, 3.05) is 11.4 Å². The second-order valence-corrected chi connectivity index (χ2v) is 2.95. The average molecular weight is 188 g/mol. The molecule has 1 fully saturated rings. The Kier molecular flexibility index (Phi) is 2.07. The Morgan fingerprint density at radius 3 is 2.71 bits per heavy atom. The summed E-state index contributed by atoms with van der Waals surface area (Å²) in [6, 6.07) is 11.1. The highest BCUT2D eigenvalue weighted by Crippen LogP contribution is 2.20. The minimum Gasteiger partial charge on any atom is -0.428 e. The fourth-order valence-electron chi connectivity index (χ4n) is 1.35. The zero-order valence-corrected chi connectivity index (χ0v) is 7.38. The number of nitriles is 1. The van der Waals surface area contributed by atoms with E-state index in [1.54, 1.807) is 12.1 Å². The molecule has 4 nitrogen and oxygen atoms in total. The maximum Gasteiger partial charge on any atom is 0.415 e. The molecule has 0 N–H and O–H groups in total. The number of rotatable bonds is 1. The van der Waals surface area contributed by atoms with Crippen molar-refractivity contribution < 1.29 is 9.53 Å². The molecule has 1 aromatic carbocycles. The van der Waals surface area contributed by atoms with E-state index in [9.17, 15) is 4.79 Å². The molecule has 0 aromatic heterocycles. The van der Waals surface area contributed by atoms with Crippen LogP contribution in [0, 0.1) is 11.3 Å². The molecule has 4 heteroatoms. The fraction of sp³-hybridized carbons (Fsp3) is 0.200. The van der Waals surface area contributed by atoms with Gasteiger partial charge >= 0.3 is 6.09 Å². The van der Waals surface area contributed by atoms with E-state index in [1.807, 2.05) is 24.3 Å². The summed E-state index contributed by atoms with van der Waals surface area (Å²) >= 11 is 0. The molecule has 1 unspecified atom stereocenters. The third-order valence-corrected chi connectivity index (χ3v) is 2.02. The lowest BCUT2D eigenvalue weighted by molar-refractivity contribution is 0.162. The first-order valence-electron chi connectivity index (χ1n) is 4.24. The standard InChI is InChI=1S/C10H8N2O2/c11-6-9-7-12(10(13)14-9)8-4-2-1-3-5-8/h1-5,9H,7H2. The van der Waals surface area contributed by atoms with Crippen LogP contribution in [0.15, 0.2) is 30.3 Å². The predicted molar refractivity (Wildman–Crippen MR) is 49.7 cm³/mol. The maximum atomic E-state index is 11.3. The third kappa shape index (κ3) is 1.40. The predicted octanol–water partition coefficient (Wildman–Crippen LogP) is 1.54. The number of cyclic esters (lactones) is 1. The quantitative estimate of drug-likeness (QED) is 0.671. The van der Waals surface area contributed by atoms with Gasteiger partial charge in [-0.1, -0.05) is 18.2 Å². The lowest BCUT2D eigenvalue weighted by Gasteiger charge is -2.11. The molecular formula is C10H8N2O2. The molecule has 1 saturated heterocycles. The van der Waals surface area contributed by atoms with Gasteiger partial charge in [0, 0.05) is 5.69 Å². The number of benzene rings is 1. The molecule has 1 aliphatic rings. The summed E-state index contributed by atoms with van der Waals surface area (Å²) < 4.78 is 4.80. The van der Waals surface area contributed by atoms with E-state index in [0.29, 0.717) is 6.54 Å².